The third-order valence-corrected chi connectivity index (χ3v) is 5.27. The molecular weight excluding hydrogens is 406 g/mol. The van der Waals surface area contributed by atoms with Crippen LogP contribution in [0.3, 0.4) is 0 Å². The first-order valence-electron chi connectivity index (χ1n) is 9.12. The normalized spacial score (nSPS) is 14.5. The molecule has 9 heteroatoms. The van der Waals surface area contributed by atoms with Crippen LogP contribution in [0.25, 0.3) is 0 Å². The van der Waals surface area contributed by atoms with Crippen LogP contribution < -0.4 is 10.5 Å². The minimum atomic E-state index is -1.10. The summed E-state index contributed by atoms with van der Waals surface area (Å²) in [6, 6.07) is 12.1. The molecule has 1 atom stereocenters. The summed E-state index contributed by atoms with van der Waals surface area (Å²) in [6.07, 6.45) is 2.11. The molecule has 2 N–H and O–H groups in total. The van der Waals surface area contributed by atoms with Gasteiger partial charge in [-0.05, 0) is 54.8 Å². The number of amides is 2. The molecule has 0 aromatic heterocycles. The Morgan fingerprint density at radius 2 is 1.70 bits per heavy atom. The molecule has 0 saturated carbocycles. The highest BCUT2D eigenvalue weighted by molar-refractivity contribution is 7.98. The standard InChI is InChI=1S/C21H21N3O5S/c1-28-14-9-7-13(8-10-14)18(22)23-29-21(27)17(11-12-30-2)24-19(25)15-5-3-4-6-16(15)20(24)26/h3-10,17H,11-12H2,1-2H3,(H2,22,23). The van der Waals surface area contributed by atoms with Crippen LogP contribution in [0.2, 0.25) is 0 Å². The molecule has 1 unspecified atom stereocenters. The number of oxime groups is 1. The zero-order valence-corrected chi connectivity index (χ0v) is 17.3. The van der Waals surface area contributed by atoms with E-state index in [0.29, 0.717) is 17.1 Å². The van der Waals surface area contributed by atoms with Gasteiger partial charge in [-0.15, -0.1) is 0 Å². The van der Waals surface area contributed by atoms with Gasteiger partial charge < -0.3 is 15.3 Å². The van der Waals surface area contributed by atoms with Crippen molar-refractivity contribution >= 4 is 35.4 Å². The first-order valence-corrected chi connectivity index (χ1v) is 10.5. The smallest absolute Gasteiger partial charge is 0.357 e. The molecule has 30 heavy (non-hydrogen) atoms. The van der Waals surface area contributed by atoms with Crippen molar-refractivity contribution in [1.82, 2.24) is 4.90 Å². The van der Waals surface area contributed by atoms with Gasteiger partial charge in [-0.2, -0.15) is 11.8 Å². The molecule has 156 valence electrons. The van der Waals surface area contributed by atoms with E-state index < -0.39 is 23.8 Å². The molecule has 2 aromatic rings. The molecule has 3 rings (SSSR count). The molecule has 1 aliphatic heterocycles. The summed E-state index contributed by atoms with van der Waals surface area (Å²) in [4.78, 5) is 44.2. The van der Waals surface area contributed by atoms with Crippen LogP contribution in [0.15, 0.2) is 53.7 Å². The Labute approximate surface area is 178 Å². The van der Waals surface area contributed by atoms with Crippen molar-refractivity contribution in [2.24, 2.45) is 10.9 Å². The lowest BCUT2D eigenvalue weighted by atomic mass is 10.1. The quantitative estimate of drug-likeness (QED) is 0.226. The minimum Gasteiger partial charge on any atom is -0.497 e. The summed E-state index contributed by atoms with van der Waals surface area (Å²) in [5.74, 6) is -0.694. The monoisotopic (exact) mass is 427 g/mol. The maximum absolute atomic E-state index is 12.8. The highest BCUT2D eigenvalue weighted by atomic mass is 32.2. The first kappa shape index (κ1) is 21.4. The number of carbonyl (C=O) groups is 3. The Morgan fingerprint density at radius 3 is 2.23 bits per heavy atom. The summed E-state index contributed by atoms with van der Waals surface area (Å²) in [5.41, 5.74) is 6.96. The summed E-state index contributed by atoms with van der Waals surface area (Å²) < 4.78 is 5.08. The lowest BCUT2D eigenvalue weighted by molar-refractivity contribution is -0.148. The number of methoxy groups -OCH3 is 1. The maximum atomic E-state index is 12.8. The van der Waals surface area contributed by atoms with Gasteiger partial charge in [0, 0.05) is 5.56 Å². The average Bonchev–Trinajstić information content (AvgIpc) is 3.03. The number of ether oxygens (including phenoxy) is 1. The van der Waals surface area contributed by atoms with Gasteiger partial charge in [0.2, 0.25) is 0 Å². The Kier molecular flexibility index (Phi) is 6.73. The summed E-state index contributed by atoms with van der Waals surface area (Å²) in [6.45, 7) is 0. The van der Waals surface area contributed by atoms with E-state index >= 15 is 0 Å². The number of hydrogen-bond donors (Lipinski definition) is 1. The van der Waals surface area contributed by atoms with Gasteiger partial charge in [0.1, 0.15) is 11.8 Å². The van der Waals surface area contributed by atoms with Crippen molar-refractivity contribution in [3.05, 3.63) is 65.2 Å². The Bertz CT molecular complexity index is 955. The lowest BCUT2D eigenvalue weighted by Gasteiger charge is -2.23. The third kappa shape index (κ3) is 4.30. The largest absolute Gasteiger partial charge is 0.497 e. The van der Waals surface area contributed by atoms with Crippen molar-refractivity contribution in [2.45, 2.75) is 12.5 Å². The van der Waals surface area contributed by atoms with Crippen LogP contribution in [-0.2, 0) is 9.63 Å². The van der Waals surface area contributed by atoms with Crippen LogP contribution in [-0.4, -0.2) is 53.7 Å². The maximum Gasteiger partial charge on any atom is 0.357 e. The van der Waals surface area contributed by atoms with Crippen LogP contribution in [0.1, 0.15) is 32.7 Å². The number of benzene rings is 2. The van der Waals surface area contributed by atoms with Crippen LogP contribution in [0.4, 0.5) is 0 Å². The molecule has 1 aliphatic rings. The van der Waals surface area contributed by atoms with Crippen molar-refractivity contribution in [1.29, 1.82) is 0 Å². The van der Waals surface area contributed by atoms with Crippen molar-refractivity contribution in [2.75, 3.05) is 19.1 Å². The summed E-state index contributed by atoms with van der Waals surface area (Å²) in [7, 11) is 1.54. The van der Waals surface area contributed by atoms with E-state index in [4.69, 9.17) is 15.3 Å². The van der Waals surface area contributed by atoms with Crippen LogP contribution >= 0.6 is 11.8 Å². The summed E-state index contributed by atoms with van der Waals surface area (Å²) in [5, 5.41) is 3.70. The first-order chi connectivity index (χ1) is 14.5. The van der Waals surface area contributed by atoms with Crippen molar-refractivity contribution < 1.29 is 24.0 Å². The van der Waals surface area contributed by atoms with Gasteiger partial charge >= 0.3 is 5.97 Å². The number of amidine groups is 1. The number of nitrogens with zero attached hydrogens (tertiary/aromatic N) is 2. The van der Waals surface area contributed by atoms with Crippen LogP contribution in [0, 0.1) is 0 Å². The number of imide groups is 1. The molecule has 8 nitrogen and oxygen atoms in total. The number of thioether (sulfide) groups is 1. The predicted molar refractivity (Wildman–Crippen MR) is 114 cm³/mol. The van der Waals surface area contributed by atoms with Crippen LogP contribution in [0.5, 0.6) is 5.75 Å². The fraction of sp³-hybridized carbons (Fsp3) is 0.238. The zero-order valence-electron chi connectivity index (χ0n) is 16.5. The second kappa shape index (κ2) is 9.45. The van der Waals surface area contributed by atoms with Gasteiger partial charge in [0.15, 0.2) is 5.84 Å². The van der Waals surface area contributed by atoms with Gasteiger partial charge in [-0.1, -0.05) is 17.3 Å². The molecule has 0 bridgehead atoms. The van der Waals surface area contributed by atoms with E-state index in [-0.39, 0.29) is 23.4 Å². The number of hydrogen-bond acceptors (Lipinski definition) is 7. The molecule has 0 aliphatic carbocycles. The topological polar surface area (TPSA) is 111 Å². The average molecular weight is 427 g/mol. The van der Waals surface area contributed by atoms with E-state index in [1.165, 1.54) is 11.8 Å². The SMILES string of the molecule is COc1ccc(/C(N)=N/OC(=O)C(CCSC)N2C(=O)c3ccccc3C2=O)cc1. The van der Waals surface area contributed by atoms with E-state index in [1.54, 1.807) is 55.6 Å². The molecular formula is C21H21N3O5S. The highest BCUT2D eigenvalue weighted by Crippen LogP contribution is 2.26. The van der Waals surface area contributed by atoms with Gasteiger partial charge in [0.25, 0.3) is 11.8 Å². The Morgan fingerprint density at radius 1 is 1.10 bits per heavy atom. The van der Waals surface area contributed by atoms with E-state index in [9.17, 15) is 14.4 Å². The van der Waals surface area contributed by atoms with Crippen molar-refractivity contribution in [3.8, 4) is 5.75 Å². The lowest BCUT2D eigenvalue weighted by Crippen LogP contribution is -2.45. The zero-order chi connectivity index (χ0) is 21.7. The highest BCUT2D eigenvalue weighted by Gasteiger charge is 2.43. The molecule has 0 saturated heterocycles. The Hall–Kier alpha value is -3.33. The van der Waals surface area contributed by atoms with Crippen molar-refractivity contribution in [3.63, 3.8) is 0 Å². The fourth-order valence-corrected chi connectivity index (χ4v) is 3.50. The molecule has 0 radical (unpaired) electrons. The molecule has 2 amide bonds. The van der Waals surface area contributed by atoms with E-state index in [1.807, 2.05) is 6.26 Å². The van der Waals surface area contributed by atoms with Gasteiger partial charge in [0.05, 0.1) is 18.2 Å². The molecule has 1 heterocycles. The molecule has 2 aromatic carbocycles. The Balaban J connectivity index is 1.79. The number of rotatable bonds is 8. The third-order valence-electron chi connectivity index (χ3n) is 4.62. The second-order valence-corrected chi connectivity index (χ2v) is 7.42. The molecule has 0 fully saturated rings. The number of carbonyl (C=O) groups excluding carboxylic acids is 3. The van der Waals surface area contributed by atoms with Gasteiger partial charge in [-0.25, -0.2) is 4.79 Å². The summed E-state index contributed by atoms with van der Waals surface area (Å²) >= 11 is 1.49. The fourth-order valence-electron chi connectivity index (χ4n) is 3.04. The van der Waals surface area contributed by atoms with E-state index in [0.717, 1.165) is 4.90 Å². The minimum absolute atomic E-state index is 0.0167. The number of fused-ring (bicyclic) bond motifs is 1. The van der Waals surface area contributed by atoms with Gasteiger partial charge in [-0.3, -0.25) is 14.5 Å². The predicted octanol–water partition coefficient (Wildman–Crippen LogP) is 2.28. The number of nitrogens with two attached hydrogens (primary N) is 1. The second-order valence-electron chi connectivity index (χ2n) is 6.44. The molecule has 0 spiro atoms. The van der Waals surface area contributed by atoms with E-state index in [2.05, 4.69) is 5.16 Å².